The van der Waals surface area contributed by atoms with Crippen LogP contribution in [-0.2, 0) is 0 Å². The van der Waals surface area contributed by atoms with Crippen LogP contribution in [0.1, 0.15) is 16.2 Å². The summed E-state index contributed by atoms with van der Waals surface area (Å²) in [6.45, 7) is 0. The Hall–Kier alpha value is -2.00. The van der Waals surface area contributed by atoms with E-state index in [-0.39, 0.29) is 11.4 Å². The molecule has 0 aromatic carbocycles. The number of aromatic nitrogens is 2. The van der Waals surface area contributed by atoms with Crippen LogP contribution in [0.25, 0.3) is 0 Å². The molecule has 6 nitrogen and oxygen atoms in total. The molecule has 0 bridgehead atoms. The van der Waals surface area contributed by atoms with Gasteiger partial charge in [-0.3, -0.25) is 10.2 Å². The minimum atomic E-state index is -0.625. The molecule has 0 aliphatic rings. The Morgan fingerprint density at radius 2 is 2.25 bits per heavy atom. The van der Waals surface area contributed by atoms with E-state index in [1.54, 1.807) is 6.07 Å². The van der Waals surface area contributed by atoms with Gasteiger partial charge in [-0.05, 0) is 0 Å². The molecular formula is C6H5N5O. The maximum atomic E-state index is 10.9. The van der Waals surface area contributed by atoms with E-state index >= 15 is 0 Å². The quantitative estimate of drug-likeness (QED) is 0.312. The average Bonchev–Trinajstić information content (AvgIpc) is 2.16. The number of nitriles is 1. The zero-order valence-corrected chi connectivity index (χ0v) is 5.98. The van der Waals surface area contributed by atoms with E-state index in [2.05, 4.69) is 9.97 Å². The standard InChI is InChI=1S/C6H5N5O/c7-3-4-5(6(12)11-8)10-2-1-9-4/h1-2H,8H2,(H,11,12). The lowest BCUT2D eigenvalue weighted by atomic mass is 10.3. The topological polar surface area (TPSA) is 105 Å². The van der Waals surface area contributed by atoms with Crippen molar-refractivity contribution < 1.29 is 4.79 Å². The van der Waals surface area contributed by atoms with Gasteiger partial charge in [0.05, 0.1) is 0 Å². The van der Waals surface area contributed by atoms with Crippen molar-refractivity contribution >= 4 is 5.91 Å². The first-order chi connectivity index (χ1) is 5.79. The minimum absolute atomic E-state index is 0.0412. The minimum Gasteiger partial charge on any atom is -0.289 e. The summed E-state index contributed by atoms with van der Waals surface area (Å²) in [5, 5.41) is 8.49. The van der Waals surface area contributed by atoms with E-state index in [4.69, 9.17) is 11.1 Å². The van der Waals surface area contributed by atoms with Gasteiger partial charge in [0, 0.05) is 12.4 Å². The van der Waals surface area contributed by atoms with E-state index < -0.39 is 5.91 Å². The van der Waals surface area contributed by atoms with Crippen molar-refractivity contribution in [2.45, 2.75) is 0 Å². The van der Waals surface area contributed by atoms with Crippen molar-refractivity contribution in [1.82, 2.24) is 15.4 Å². The highest BCUT2D eigenvalue weighted by atomic mass is 16.2. The summed E-state index contributed by atoms with van der Waals surface area (Å²) >= 11 is 0. The molecule has 1 rings (SSSR count). The average molecular weight is 163 g/mol. The molecule has 0 fully saturated rings. The summed E-state index contributed by atoms with van der Waals surface area (Å²) in [5.74, 6) is 4.23. The number of nitrogens with zero attached hydrogens (tertiary/aromatic N) is 3. The summed E-state index contributed by atoms with van der Waals surface area (Å²) in [6, 6.07) is 1.72. The van der Waals surface area contributed by atoms with Crippen LogP contribution < -0.4 is 11.3 Å². The predicted molar refractivity (Wildman–Crippen MR) is 38.4 cm³/mol. The molecule has 1 aromatic rings. The van der Waals surface area contributed by atoms with Crippen molar-refractivity contribution in [2.24, 2.45) is 5.84 Å². The Morgan fingerprint density at radius 1 is 1.58 bits per heavy atom. The zero-order chi connectivity index (χ0) is 8.97. The Bertz CT molecular complexity index is 342. The second-order valence-electron chi connectivity index (χ2n) is 1.84. The Labute approximate surface area is 68.0 Å². The van der Waals surface area contributed by atoms with Crippen LogP contribution in [0.3, 0.4) is 0 Å². The molecule has 0 spiro atoms. The fourth-order valence-corrected chi connectivity index (χ4v) is 0.654. The number of nitrogens with one attached hydrogen (secondary N) is 1. The molecule has 60 valence electrons. The second kappa shape index (κ2) is 3.41. The number of hydrogen-bond acceptors (Lipinski definition) is 5. The fourth-order valence-electron chi connectivity index (χ4n) is 0.654. The fraction of sp³-hybridized carbons (Fsp3) is 0. The number of nitrogens with two attached hydrogens (primary N) is 1. The van der Waals surface area contributed by atoms with Crippen LogP contribution in [0.15, 0.2) is 12.4 Å². The van der Waals surface area contributed by atoms with E-state index in [1.165, 1.54) is 12.4 Å². The van der Waals surface area contributed by atoms with Crippen LogP contribution >= 0.6 is 0 Å². The number of rotatable bonds is 1. The zero-order valence-electron chi connectivity index (χ0n) is 5.98. The van der Waals surface area contributed by atoms with Gasteiger partial charge >= 0.3 is 0 Å². The third-order valence-corrected chi connectivity index (χ3v) is 1.15. The number of hydrogen-bond donors (Lipinski definition) is 2. The lowest BCUT2D eigenvalue weighted by Crippen LogP contribution is -2.31. The molecule has 0 atom stereocenters. The summed E-state index contributed by atoms with van der Waals surface area (Å²) in [4.78, 5) is 18.2. The van der Waals surface area contributed by atoms with E-state index in [1.807, 2.05) is 5.43 Å². The Balaban J connectivity index is 3.16. The van der Waals surface area contributed by atoms with Gasteiger partial charge in [0.1, 0.15) is 6.07 Å². The number of carbonyl (C=O) groups is 1. The molecule has 3 N–H and O–H groups in total. The van der Waals surface area contributed by atoms with Gasteiger partial charge in [-0.2, -0.15) is 5.26 Å². The summed E-state index contributed by atoms with van der Waals surface area (Å²) < 4.78 is 0. The van der Waals surface area contributed by atoms with E-state index in [9.17, 15) is 4.79 Å². The monoisotopic (exact) mass is 163 g/mol. The highest BCUT2D eigenvalue weighted by Gasteiger charge is 2.11. The van der Waals surface area contributed by atoms with Crippen LogP contribution in [-0.4, -0.2) is 15.9 Å². The molecule has 6 heteroatoms. The van der Waals surface area contributed by atoms with Crippen molar-refractivity contribution in [3.63, 3.8) is 0 Å². The SMILES string of the molecule is N#Cc1nccnc1C(=O)NN. The molecule has 1 aromatic heterocycles. The van der Waals surface area contributed by atoms with Gasteiger partial charge in [0.15, 0.2) is 11.4 Å². The first kappa shape index (κ1) is 8.10. The van der Waals surface area contributed by atoms with Crippen LogP contribution in [0, 0.1) is 11.3 Å². The van der Waals surface area contributed by atoms with E-state index in [0.29, 0.717) is 0 Å². The molecule has 0 saturated carbocycles. The molecule has 12 heavy (non-hydrogen) atoms. The molecule has 1 heterocycles. The number of carbonyl (C=O) groups excluding carboxylic acids is 1. The molecule has 0 saturated heterocycles. The molecule has 0 radical (unpaired) electrons. The Morgan fingerprint density at radius 3 is 2.83 bits per heavy atom. The highest BCUT2D eigenvalue weighted by Crippen LogP contribution is 1.97. The van der Waals surface area contributed by atoms with E-state index in [0.717, 1.165) is 0 Å². The van der Waals surface area contributed by atoms with Crippen molar-refractivity contribution in [3.05, 3.63) is 23.8 Å². The van der Waals surface area contributed by atoms with Gasteiger partial charge in [-0.15, -0.1) is 0 Å². The predicted octanol–water partition coefficient (Wildman–Crippen LogP) is -1.05. The molecule has 1 amide bonds. The third kappa shape index (κ3) is 1.36. The Kier molecular flexibility index (Phi) is 2.30. The maximum absolute atomic E-state index is 10.9. The smallest absolute Gasteiger partial charge is 0.286 e. The number of amides is 1. The number of hydrazine groups is 1. The highest BCUT2D eigenvalue weighted by molar-refractivity contribution is 5.93. The molecule has 0 aliphatic heterocycles. The second-order valence-corrected chi connectivity index (χ2v) is 1.84. The van der Waals surface area contributed by atoms with Crippen LogP contribution in [0.5, 0.6) is 0 Å². The van der Waals surface area contributed by atoms with Gasteiger partial charge in [-0.25, -0.2) is 15.8 Å². The van der Waals surface area contributed by atoms with Crippen molar-refractivity contribution in [2.75, 3.05) is 0 Å². The van der Waals surface area contributed by atoms with Gasteiger partial charge < -0.3 is 0 Å². The van der Waals surface area contributed by atoms with Crippen molar-refractivity contribution in [3.8, 4) is 6.07 Å². The van der Waals surface area contributed by atoms with Gasteiger partial charge in [-0.1, -0.05) is 0 Å². The summed E-state index contributed by atoms with van der Waals surface area (Å²) in [6.07, 6.45) is 2.64. The van der Waals surface area contributed by atoms with Crippen LogP contribution in [0.4, 0.5) is 0 Å². The summed E-state index contributed by atoms with van der Waals surface area (Å²) in [5.41, 5.74) is 1.76. The van der Waals surface area contributed by atoms with Gasteiger partial charge in [0.2, 0.25) is 0 Å². The molecular weight excluding hydrogens is 158 g/mol. The third-order valence-electron chi connectivity index (χ3n) is 1.15. The normalized spacial score (nSPS) is 8.67. The lowest BCUT2D eigenvalue weighted by Gasteiger charge is -1.97. The largest absolute Gasteiger partial charge is 0.289 e. The first-order valence-corrected chi connectivity index (χ1v) is 3.01. The van der Waals surface area contributed by atoms with Crippen molar-refractivity contribution in [1.29, 1.82) is 5.26 Å². The molecule has 0 aliphatic carbocycles. The summed E-state index contributed by atoms with van der Waals surface area (Å²) in [7, 11) is 0. The molecule has 0 unspecified atom stereocenters. The maximum Gasteiger partial charge on any atom is 0.286 e. The van der Waals surface area contributed by atoms with Gasteiger partial charge in [0.25, 0.3) is 5.91 Å². The lowest BCUT2D eigenvalue weighted by molar-refractivity contribution is 0.0948. The first-order valence-electron chi connectivity index (χ1n) is 3.01. The number of nitrogen functional groups attached to an aromatic ring is 1. The van der Waals surface area contributed by atoms with Crippen LogP contribution in [0.2, 0.25) is 0 Å².